The third-order valence-corrected chi connectivity index (χ3v) is 4.80. The molecule has 0 spiro atoms. The average molecular weight is 336 g/mol. The second kappa shape index (κ2) is 6.70. The van der Waals surface area contributed by atoms with Crippen molar-refractivity contribution in [3.8, 4) is 0 Å². The number of carbonyl (C=O) groups is 1. The van der Waals surface area contributed by atoms with Gasteiger partial charge in [0.05, 0.1) is 6.54 Å². The quantitative estimate of drug-likeness (QED) is 0.909. The molecule has 7 heteroatoms. The van der Waals surface area contributed by atoms with Gasteiger partial charge >= 0.3 is 6.09 Å². The van der Waals surface area contributed by atoms with Crippen molar-refractivity contribution < 1.29 is 13.9 Å². The molecule has 2 aliphatic rings. The van der Waals surface area contributed by atoms with E-state index >= 15 is 0 Å². The molecule has 1 amide bonds. The van der Waals surface area contributed by atoms with E-state index in [0.29, 0.717) is 30.2 Å². The lowest BCUT2D eigenvalue weighted by molar-refractivity contribution is 0.0491. The number of nitrogens with one attached hydrogen (secondary N) is 1. The van der Waals surface area contributed by atoms with Crippen molar-refractivity contribution >= 4 is 6.09 Å². The van der Waals surface area contributed by atoms with Gasteiger partial charge in [0.25, 0.3) is 0 Å². The van der Waals surface area contributed by atoms with Crippen LogP contribution in [0.25, 0.3) is 0 Å². The molecule has 1 aromatic rings. The standard InChI is InChI=1S/C17H28N4O3/c1-5-14-19-20-15(23-14)10-21-8-11-6-7-13(12(11)9-21)18-16(22)24-17(2,3)4/h11-13H,5-10H2,1-4H3,(H,18,22). The van der Waals surface area contributed by atoms with E-state index in [2.05, 4.69) is 20.4 Å². The van der Waals surface area contributed by atoms with Crippen LogP contribution >= 0.6 is 0 Å². The van der Waals surface area contributed by atoms with E-state index in [1.807, 2.05) is 27.7 Å². The van der Waals surface area contributed by atoms with Crippen LogP contribution in [0.1, 0.15) is 52.3 Å². The van der Waals surface area contributed by atoms with Gasteiger partial charge in [0.15, 0.2) is 0 Å². The summed E-state index contributed by atoms with van der Waals surface area (Å²) >= 11 is 0. The Kier molecular flexibility index (Phi) is 4.80. The van der Waals surface area contributed by atoms with Gasteiger partial charge in [0.2, 0.25) is 11.8 Å². The Morgan fingerprint density at radius 3 is 2.71 bits per heavy atom. The maximum Gasteiger partial charge on any atom is 0.407 e. The third-order valence-electron chi connectivity index (χ3n) is 4.80. The second-order valence-electron chi connectivity index (χ2n) is 7.89. The number of fused-ring (bicyclic) bond motifs is 1. The van der Waals surface area contributed by atoms with Crippen LogP contribution in [0.4, 0.5) is 4.79 Å². The Hall–Kier alpha value is -1.63. The summed E-state index contributed by atoms with van der Waals surface area (Å²) in [6.07, 6.45) is 2.63. The summed E-state index contributed by atoms with van der Waals surface area (Å²) in [6.45, 7) is 10.3. The highest BCUT2D eigenvalue weighted by Crippen LogP contribution is 2.38. The molecule has 24 heavy (non-hydrogen) atoms. The molecule has 1 saturated carbocycles. The molecule has 7 nitrogen and oxygen atoms in total. The molecule has 1 aliphatic carbocycles. The number of nitrogens with zero attached hydrogens (tertiary/aromatic N) is 3. The summed E-state index contributed by atoms with van der Waals surface area (Å²) in [5, 5.41) is 11.2. The number of aryl methyl sites for hydroxylation is 1. The van der Waals surface area contributed by atoms with E-state index in [1.165, 1.54) is 0 Å². The number of amides is 1. The molecule has 134 valence electrons. The predicted octanol–water partition coefficient (Wildman–Crippen LogP) is 2.37. The first-order valence-corrected chi connectivity index (χ1v) is 8.87. The minimum absolute atomic E-state index is 0.198. The van der Waals surface area contributed by atoms with E-state index in [-0.39, 0.29) is 12.1 Å². The van der Waals surface area contributed by atoms with E-state index < -0.39 is 5.60 Å². The van der Waals surface area contributed by atoms with E-state index in [0.717, 1.165) is 32.4 Å². The number of ether oxygens (including phenoxy) is 1. The highest BCUT2D eigenvalue weighted by atomic mass is 16.6. The molecule has 3 rings (SSSR count). The number of aromatic nitrogens is 2. The van der Waals surface area contributed by atoms with Crippen molar-refractivity contribution in [1.82, 2.24) is 20.4 Å². The fraction of sp³-hybridized carbons (Fsp3) is 0.824. The van der Waals surface area contributed by atoms with Gasteiger partial charge in [0, 0.05) is 25.6 Å². The zero-order chi connectivity index (χ0) is 17.3. The van der Waals surface area contributed by atoms with Crippen molar-refractivity contribution in [2.75, 3.05) is 13.1 Å². The van der Waals surface area contributed by atoms with Gasteiger partial charge in [-0.1, -0.05) is 6.92 Å². The number of hydrogen-bond acceptors (Lipinski definition) is 6. The number of likely N-dealkylation sites (tertiary alicyclic amines) is 1. The Labute approximate surface area is 143 Å². The summed E-state index contributed by atoms with van der Waals surface area (Å²) in [5.74, 6) is 2.47. The minimum Gasteiger partial charge on any atom is -0.444 e. The smallest absolute Gasteiger partial charge is 0.407 e. The van der Waals surface area contributed by atoms with Crippen LogP contribution in [0, 0.1) is 11.8 Å². The second-order valence-corrected chi connectivity index (χ2v) is 7.89. The fourth-order valence-corrected chi connectivity index (χ4v) is 3.81. The maximum absolute atomic E-state index is 12.0. The molecule has 2 fully saturated rings. The number of carbonyl (C=O) groups excluding carboxylic acids is 1. The van der Waals surface area contributed by atoms with Gasteiger partial charge in [-0.2, -0.15) is 0 Å². The van der Waals surface area contributed by atoms with Gasteiger partial charge in [-0.05, 0) is 45.4 Å². The molecule has 0 bridgehead atoms. The van der Waals surface area contributed by atoms with Crippen LogP contribution in [0.3, 0.4) is 0 Å². The normalized spacial score (nSPS) is 27.2. The molecular weight excluding hydrogens is 308 g/mol. The van der Waals surface area contributed by atoms with Crippen LogP contribution in [-0.2, 0) is 17.7 Å². The molecule has 1 aliphatic heterocycles. The molecule has 2 heterocycles. The Balaban J connectivity index is 1.53. The van der Waals surface area contributed by atoms with Crippen LogP contribution in [-0.4, -0.2) is 45.9 Å². The molecule has 3 unspecified atom stereocenters. The lowest BCUT2D eigenvalue weighted by atomic mass is 9.98. The Morgan fingerprint density at radius 1 is 1.29 bits per heavy atom. The van der Waals surface area contributed by atoms with Crippen LogP contribution in [0.5, 0.6) is 0 Å². The zero-order valence-electron chi connectivity index (χ0n) is 15.0. The topological polar surface area (TPSA) is 80.5 Å². The summed E-state index contributed by atoms with van der Waals surface area (Å²) in [4.78, 5) is 14.4. The molecule has 1 N–H and O–H groups in total. The summed E-state index contributed by atoms with van der Waals surface area (Å²) in [5.41, 5.74) is -0.460. The van der Waals surface area contributed by atoms with E-state index in [9.17, 15) is 4.79 Å². The molecule has 1 saturated heterocycles. The summed E-state index contributed by atoms with van der Waals surface area (Å²) in [7, 11) is 0. The fourth-order valence-electron chi connectivity index (χ4n) is 3.81. The number of hydrogen-bond donors (Lipinski definition) is 1. The van der Waals surface area contributed by atoms with Gasteiger partial charge < -0.3 is 14.5 Å². The first-order chi connectivity index (χ1) is 11.3. The van der Waals surface area contributed by atoms with Gasteiger partial charge in [-0.15, -0.1) is 10.2 Å². The highest BCUT2D eigenvalue weighted by Gasteiger charge is 2.43. The summed E-state index contributed by atoms with van der Waals surface area (Å²) < 4.78 is 11.0. The molecule has 3 atom stereocenters. The zero-order valence-corrected chi connectivity index (χ0v) is 15.0. The molecule has 1 aromatic heterocycles. The largest absolute Gasteiger partial charge is 0.444 e. The van der Waals surface area contributed by atoms with Gasteiger partial charge in [0.1, 0.15) is 5.60 Å². The molecule has 0 aromatic carbocycles. The van der Waals surface area contributed by atoms with Crippen molar-refractivity contribution in [2.24, 2.45) is 11.8 Å². The third kappa shape index (κ3) is 4.06. The maximum atomic E-state index is 12.0. The van der Waals surface area contributed by atoms with E-state index in [4.69, 9.17) is 9.15 Å². The lowest BCUT2D eigenvalue weighted by Crippen LogP contribution is -2.42. The monoisotopic (exact) mass is 336 g/mol. The predicted molar refractivity (Wildman–Crippen MR) is 88.3 cm³/mol. The molecular formula is C17H28N4O3. The first-order valence-electron chi connectivity index (χ1n) is 8.87. The van der Waals surface area contributed by atoms with Crippen LogP contribution in [0.2, 0.25) is 0 Å². The highest BCUT2D eigenvalue weighted by molar-refractivity contribution is 5.68. The van der Waals surface area contributed by atoms with Gasteiger partial charge in [-0.25, -0.2) is 4.79 Å². The van der Waals surface area contributed by atoms with Crippen molar-refractivity contribution in [2.45, 2.75) is 65.1 Å². The first kappa shape index (κ1) is 17.2. The van der Waals surface area contributed by atoms with Crippen molar-refractivity contribution in [3.05, 3.63) is 11.8 Å². The lowest BCUT2D eigenvalue weighted by Gasteiger charge is -2.24. The van der Waals surface area contributed by atoms with E-state index in [1.54, 1.807) is 0 Å². The molecule has 0 radical (unpaired) electrons. The SMILES string of the molecule is CCc1nnc(CN2CC3CCC(NC(=O)OC(C)(C)C)C3C2)o1. The van der Waals surface area contributed by atoms with Crippen LogP contribution in [0.15, 0.2) is 4.42 Å². The van der Waals surface area contributed by atoms with Crippen LogP contribution < -0.4 is 5.32 Å². The Bertz CT molecular complexity index is 581. The minimum atomic E-state index is -0.460. The number of alkyl carbamates (subject to hydrolysis) is 1. The Morgan fingerprint density at radius 2 is 2.04 bits per heavy atom. The van der Waals surface area contributed by atoms with Crippen molar-refractivity contribution in [1.29, 1.82) is 0 Å². The van der Waals surface area contributed by atoms with Gasteiger partial charge in [-0.3, -0.25) is 4.90 Å². The average Bonchev–Trinajstić information content (AvgIpc) is 3.15. The van der Waals surface area contributed by atoms with Crippen molar-refractivity contribution in [3.63, 3.8) is 0 Å². The summed E-state index contributed by atoms with van der Waals surface area (Å²) in [6, 6.07) is 0.198. The number of rotatable bonds is 4.